The second-order valence-corrected chi connectivity index (χ2v) is 5.93. The van der Waals surface area contributed by atoms with Crippen molar-refractivity contribution in [2.24, 2.45) is 5.16 Å². The number of aromatic nitrogens is 1. The Labute approximate surface area is 171 Å². The first-order chi connectivity index (χ1) is 14.3. The van der Waals surface area contributed by atoms with Gasteiger partial charge in [0.05, 0.1) is 6.61 Å². The van der Waals surface area contributed by atoms with E-state index < -0.39 is 0 Å². The number of benzene rings is 1. The SMILES string of the molecule is CCCOCCOc1cccc(OCc2ccccc2C(CONC)=NOC)n1. The van der Waals surface area contributed by atoms with Crippen molar-refractivity contribution in [1.82, 2.24) is 10.5 Å². The Balaban J connectivity index is 1.99. The summed E-state index contributed by atoms with van der Waals surface area (Å²) in [4.78, 5) is 14.6. The van der Waals surface area contributed by atoms with Gasteiger partial charge in [-0.15, -0.1) is 0 Å². The maximum absolute atomic E-state index is 5.88. The average molecular weight is 403 g/mol. The van der Waals surface area contributed by atoms with E-state index in [-0.39, 0.29) is 6.61 Å². The molecular weight excluding hydrogens is 374 g/mol. The van der Waals surface area contributed by atoms with E-state index >= 15 is 0 Å². The Morgan fingerprint density at radius 1 is 1.00 bits per heavy atom. The molecule has 29 heavy (non-hydrogen) atoms. The summed E-state index contributed by atoms with van der Waals surface area (Å²) in [7, 11) is 3.19. The first-order valence-corrected chi connectivity index (χ1v) is 9.55. The summed E-state index contributed by atoms with van der Waals surface area (Å²) in [6.45, 7) is 4.34. The van der Waals surface area contributed by atoms with Crippen molar-refractivity contribution >= 4 is 5.71 Å². The topological polar surface area (TPSA) is 83.4 Å². The van der Waals surface area contributed by atoms with Crippen LogP contribution in [0.3, 0.4) is 0 Å². The second kappa shape index (κ2) is 13.5. The summed E-state index contributed by atoms with van der Waals surface area (Å²) >= 11 is 0. The van der Waals surface area contributed by atoms with Gasteiger partial charge in [0.1, 0.15) is 32.6 Å². The quantitative estimate of drug-likeness (QED) is 0.295. The van der Waals surface area contributed by atoms with Crippen molar-refractivity contribution in [3.8, 4) is 11.8 Å². The molecule has 1 aromatic heterocycles. The third-order valence-electron chi connectivity index (χ3n) is 3.78. The minimum absolute atomic E-state index is 0.253. The average Bonchev–Trinajstić information content (AvgIpc) is 2.76. The van der Waals surface area contributed by atoms with Crippen LogP contribution in [0.1, 0.15) is 24.5 Å². The van der Waals surface area contributed by atoms with Crippen LogP contribution in [0.5, 0.6) is 11.8 Å². The predicted molar refractivity (Wildman–Crippen MR) is 110 cm³/mol. The largest absolute Gasteiger partial charge is 0.475 e. The van der Waals surface area contributed by atoms with E-state index in [9.17, 15) is 0 Å². The number of hydrogen-bond donors (Lipinski definition) is 1. The zero-order valence-corrected chi connectivity index (χ0v) is 17.2. The van der Waals surface area contributed by atoms with Crippen LogP contribution in [0.25, 0.3) is 0 Å². The van der Waals surface area contributed by atoms with Crippen LogP contribution < -0.4 is 15.0 Å². The van der Waals surface area contributed by atoms with Gasteiger partial charge in [-0.3, -0.25) is 4.84 Å². The Morgan fingerprint density at radius 2 is 1.79 bits per heavy atom. The lowest BCUT2D eigenvalue weighted by molar-refractivity contribution is 0.0866. The fraction of sp³-hybridized carbons (Fsp3) is 0.429. The molecule has 1 aromatic carbocycles. The molecule has 0 saturated heterocycles. The Morgan fingerprint density at radius 3 is 2.55 bits per heavy atom. The molecule has 0 unspecified atom stereocenters. The van der Waals surface area contributed by atoms with Crippen LogP contribution in [0.15, 0.2) is 47.6 Å². The lowest BCUT2D eigenvalue weighted by Gasteiger charge is -2.13. The molecule has 0 atom stereocenters. The van der Waals surface area contributed by atoms with Gasteiger partial charge in [0.25, 0.3) is 0 Å². The monoisotopic (exact) mass is 403 g/mol. The van der Waals surface area contributed by atoms with Gasteiger partial charge in [0.15, 0.2) is 0 Å². The molecule has 0 aliphatic carbocycles. The first-order valence-electron chi connectivity index (χ1n) is 9.55. The van der Waals surface area contributed by atoms with Crippen LogP contribution in [0, 0.1) is 0 Å². The van der Waals surface area contributed by atoms with Gasteiger partial charge in [-0.1, -0.05) is 42.4 Å². The fourth-order valence-corrected chi connectivity index (χ4v) is 2.49. The van der Waals surface area contributed by atoms with E-state index in [2.05, 4.69) is 22.5 Å². The first kappa shape index (κ1) is 22.6. The highest BCUT2D eigenvalue weighted by Crippen LogP contribution is 2.17. The number of pyridine rings is 1. The highest BCUT2D eigenvalue weighted by atomic mass is 16.6. The van der Waals surface area contributed by atoms with Gasteiger partial charge in [-0.2, -0.15) is 4.98 Å². The molecule has 0 aliphatic heterocycles. The van der Waals surface area contributed by atoms with Crippen LogP contribution in [0.4, 0.5) is 0 Å². The summed E-state index contributed by atoms with van der Waals surface area (Å²) in [6.07, 6.45) is 0.987. The van der Waals surface area contributed by atoms with Crippen molar-refractivity contribution < 1.29 is 23.9 Å². The number of ether oxygens (including phenoxy) is 3. The molecule has 0 aliphatic rings. The molecule has 1 N–H and O–H groups in total. The molecule has 0 spiro atoms. The van der Waals surface area contributed by atoms with Gasteiger partial charge >= 0.3 is 0 Å². The van der Waals surface area contributed by atoms with Crippen LogP contribution in [-0.4, -0.2) is 51.3 Å². The molecule has 0 bridgehead atoms. The number of hydroxylamine groups is 1. The third kappa shape index (κ3) is 8.06. The molecule has 0 radical (unpaired) electrons. The molecule has 0 fully saturated rings. The molecule has 2 aromatic rings. The van der Waals surface area contributed by atoms with Crippen molar-refractivity contribution in [2.45, 2.75) is 20.0 Å². The minimum Gasteiger partial charge on any atom is -0.475 e. The summed E-state index contributed by atoms with van der Waals surface area (Å²) in [5, 5.41) is 4.07. The van der Waals surface area contributed by atoms with Crippen LogP contribution in [0.2, 0.25) is 0 Å². The highest BCUT2D eigenvalue weighted by molar-refractivity contribution is 6.02. The minimum atomic E-state index is 0.253. The maximum Gasteiger partial charge on any atom is 0.216 e. The van der Waals surface area contributed by atoms with Crippen LogP contribution >= 0.6 is 0 Å². The summed E-state index contributed by atoms with van der Waals surface area (Å²) in [5.41, 5.74) is 5.10. The van der Waals surface area contributed by atoms with Gasteiger partial charge in [-0.25, -0.2) is 5.48 Å². The smallest absolute Gasteiger partial charge is 0.216 e. The predicted octanol–water partition coefficient (Wildman–Crippen LogP) is 2.97. The van der Waals surface area contributed by atoms with E-state index in [1.54, 1.807) is 19.2 Å². The standard InChI is InChI=1S/C21H29N3O5/c1-4-12-26-13-14-27-20-10-7-11-21(23-20)28-15-17-8-5-6-9-18(17)19(24-25-3)16-29-22-2/h5-11,22H,4,12-16H2,1-3H3. The van der Waals surface area contributed by atoms with Crippen molar-refractivity contribution in [1.29, 1.82) is 0 Å². The van der Waals surface area contributed by atoms with Crippen molar-refractivity contribution in [3.05, 3.63) is 53.6 Å². The zero-order chi connectivity index (χ0) is 20.7. The van der Waals surface area contributed by atoms with E-state index in [1.807, 2.05) is 30.3 Å². The number of oxime groups is 1. The molecule has 1 heterocycles. The lowest BCUT2D eigenvalue weighted by Crippen LogP contribution is -2.19. The molecule has 2 rings (SSSR count). The molecule has 0 amide bonds. The van der Waals surface area contributed by atoms with Crippen molar-refractivity contribution in [2.75, 3.05) is 40.6 Å². The summed E-state index contributed by atoms with van der Waals surface area (Å²) < 4.78 is 16.9. The van der Waals surface area contributed by atoms with Gasteiger partial charge in [-0.05, 0) is 12.0 Å². The Kier molecular flexibility index (Phi) is 10.5. The number of rotatable bonds is 14. The van der Waals surface area contributed by atoms with Gasteiger partial charge in [0, 0.05) is 31.4 Å². The normalized spacial score (nSPS) is 11.3. The second-order valence-electron chi connectivity index (χ2n) is 5.93. The molecule has 0 saturated carbocycles. The Bertz CT molecular complexity index is 755. The lowest BCUT2D eigenvalue weighted by atomic mass is 10.0. The third-order valence-corrected chi connectivity index (χ3v) is 3.78. The number of hydrogen-bond acceptors (Lipinski definition) is 8. The highest BCUT2D eigenvalue weighted by Gasteiger charge is 2.12. The van der Waals surface area contributed by atoms with E-state index in [0.717, 1.165) is 24.2 Å². The molecule has 8 heteroatoms. The van der Waals surface area contributed by atoms with Gasteiger partial charge < -0.3 is 19.0 Å². The fourth-order valence-electron chi connectivity index (χ4n) is 2.49. The number of nitrogens with zero attached hydrogens (tertiary/aromatic N) is 2. The van der Waals surface area contributed by atoms with E-state index in [1.165, 1.54) is 7.11 Å². The Hall–Kier alpha value is -2.68. The maximum atomic E-state index is 5.88. The summed E-state index contributed by atoms with van der Waals surface area (Å²) in [6, 6.07) is 13.2. The van der Waals surface area contributed by atoms with Crippen molar-refractivity contribution in [3.63, 3.8) is 0 Å². The van der Waals surface area contributed by atoms with E-state index in [0.29, 0.717) is 37.3 Å². The molecule has 158 valence electrons. The molecule has 8 nitrogen and oxygen atoms in total. The molecular formula is C21H29N3O5. The number of nitrogens with one attached hydrogen (secondary N) is 1. The van der Waals surface area contributed by atoms with Gasteiger partial charge in [0.2, 0.25) is 11.8 Å². The zero-order valence-electron chi connectivity index (χ0n) is 17.2. The van der Waals surface area contributed by atoms with Crippen LogP contribution in [-0.2, 0) is 21.0 Å². The van der Waals surface area contributed by atoms with E-state index in [4.69, 9.17) is 23.9 Å². The summed E-state index contributed by atoms with van der Waals surface area (Å²) in [5.74, 6) is 0.975.